The lowest BCUT2D eigenvalue weighted by Crippen LogP contribution is -2.19. The Morgan fingerprint density at radius 3 is 3.31 bits per heavy atom. The molecule has 1 fully saturated rings. The van der Waals surface area contributed by atoms with Gasteiger partial charge < -0.3 is 10.1 Å². The molecule has 1 aliphatic rings. The number of rotatable bonds is 2. The minimum absolute atomic E-state index is 0.318. The average Bonchev–Trinajstić information content (AvgIpc) is 2.49. The molecule has 72 valence electrons. The Kier molecular flexibility index (Phi) is 3.10. The second-order valence-corrected chi connectivity index (χ2v) is 3.72. The van der Waals surface area contributed by atoms with Crippen molar-refractivity contribution in [3.05, 3.63) is 6.20 Å². The Labute approximate surface area is 81.6 Å². The molecule has 1 unspecified atom stereocenters. The van der Waals surface area contributed by atoms with Gasteiger partial charge in [0.25, 0.3) is 0 Å². The van der Waals surface area contributed by atoms with E-state index in [4.69, 9.17) is 4.74 Å². The summed E-state index contributed by atoms with van der Waals surface area (Å²) in [6, 6.07) is 0. The van der Waals surface area contributed by atoms with Gasteiger partial charge in [-0.05, 0) is 32.4 Å². The van der Waals surface area contributed by atoms with Crippen LogP contribution in [0.5, 0.6) is 5.88 Å². The predicted molar refractivity (Wildman–Crippen MR) is 51.0 cm³/mol. The van der Waals surface area contributed by atoms with Gasteiger partial charge in [0.15, 0.2) is 0 Å². The fraction of sp³-hybridized carbons (Fsp3) is 0.750. The SMILES string of the molecule is c1nsnc1OC1CCCNCC1. The molecule has 1 saturated heterocycles. The number of hydrogen-bond donors (Lipinski definition) is 1. The quantitative estimate of drug-likeness (QED) is 0.773. The van der Waals surface area contributed by atoms with Crippen LogP contribution in [0.25, 0.3) is 0 Å². The van der Waals surface area contributed by atoms with Crippen molar-refractivity contribution in [2.24, 2.45) is 0 Å². The third kappa shape index (κ3) is 2.63. The van der Waals surface area contributed by atoms with E-state index >= 15 is 0 Å². The van der Waals surface area contributed by atoms with Gasteiger partial charge in [-0.2, -0.15) is 4.37 Å². The monoisotopic (exact) mass is 199 g/mol. The van der Waals surface area contributed by atoms with E-state index < -0.39 is 0 Å². The van der Waals surface area contributed by atoms with Crippen LogP contribution in [0.3, 0.4) is 0 Å². The number of hydrogen-bond acceptors (Lipinski definition) is 5. The van der Waals surface area contributed by atoms with E-state index in [9.17, 15) is 0 Å². The van der Waals surface area contributed by atoms with E-state index in [0.717, 1.165) is 25.9 Å². The molecular weight excluding hydrogens is 186 g/mol. The van der Waals surface area contributed by atoms with E-state index in [1.54, 1.807) is 6.20 Å². The molecule has 13 heavy (non-hydrogen) atoms. The zero-order valence-electron chi connectivity index (χ0n) is 7.40. The lowest BCUT2D eigenvalue weighted by molar-refractivity contribution is 0.181. The zero-order chi connectivity index (χ0) is 8.93. The van der Waals surface area contributed by atoms with Crippen molar-refractivity contribution in [2.75, 3.05) is 13.1 Å². The highest BCUT2D eigenvalue weighted by molar-refractivity contribution is 6.99. The number of ether oxygens (including phenoxy) is 1. The van der Waals surface area contributed by atoms with Gasteiger partial charge in [-0.3, -0.25) is 0 Å². The van der Waals surface area contributed by atoms with Crippen molar-refractivity contribution in [2.45, 2.75) is 25.4 Å². The normalized spacial score (nSPS) is 23.8. The number of aromatic nitrogens is 2. The summed E-state index contributed by atoms with van der Waals surface area (Å²) in [6.07, 6.45) is 5.37. The topological polar surface area (TPSA) is 47.0 Å². The Hall–Kier alpha value is -0.680. The van der Waals surface area contributed by atoms with Crippen LogP contribution >= 0.6 is 11.7 Å². The maximum absolute atomic E-state index is 5.67. The zero-order valence-corrected chi connectivity index (χ0v) is 8.22. The van der Waals surface area contributed by atoms with E-state index in [1.165, 1.54) is 18.1 Å². The van der Waals surface area contributed by atoms with Crippen LogP contribution in [0.2, 0.25) is 0 Å². The van der Waals surface area contributed by atoms with Crippen molar-refractivity contribution in [1.82, 2.24) is 14.1 Å². The third-order valence-electron chi connectivity index (χ3n) is 2.15. The molecule has 1 aromatic heterocycles. The van der Waals surface area contributed by atoms with Gasteiger partial charge >= 0.3 is 0 Å². The summed E-state index contributed by atoms with van der Waals surface area (Å²) in [4.78, 5) is 0. The minimum atomic E-state index is 0.318. The van der Waals surface area contributed by atoms with Crippen LogP contribution in [0, 0.1) is 0 Å². The first-order valence-electron chi connectivity index (χ1n) is 4.60. The summed E-state index contributed by atoms with van der Waals surface area (Å²) in [5.74, 6) is 0.678. The molecular formula is C8H13N3OS. The molecule has 0 saturated carbocycles. The highest BCUT2D eigenvalue weighted by Gasteiger charge is 2.13. The van der Waals surface area contributed by atoms with Crippen LogP contribution in [0.4, 0.5) is 0 Å². The first-order chi connectivity index (χ1) is 6.45. The molecule has 1 aromatic rings. The minimum Gasteiger partial charge on any atom is -0.473 e. The highest BCUT2D eigenvalue weighted by atomic mass is 32.1. The van der Waals surface area contributed by atoms with Gasteiger partial charge in [0.2, 0.25) is 5.88 Å². The fourth-order valence-electron chi connectivity index (χ4n) is 1.48. The maximum atomic E-state index is 5.67. The molecule has 5 heteroatoms. The van der Waals surface area contributed by atoms with E-state index in [1.807, 2.05) is 0 Å². The molecule has 2 heterocycles. The molecule has 0 radical (unpaired) electrons. The summed E-state index contributed by atoms with van der Waals surface area (Å²) in [6.45, 7) is 2.15. The summed E-state index contributed by atoms with van der Waals surface area (Å²) in [5.41, 5.74) is 0. The van der Waals surface area contributed by atoms with Gasteiger partial charge in [-0.1, -0.05) is 0 Å². The summed E-state index contributed by atoms with van der Waals surface area (Å²) in [5, 5.41) is 3.34. The van der Waals surface area contributed by atoms with Crippen LogP contribution in [-0.4, -0.2) is 27.9 Å². The van der Waals surface area contributed by atoms with Crippen molar-refractivity contribution < 1.29 is 4.74 Å². The molecule has 1 aliphatic heterocycles. The van der Waals surface area contributed by atoms with Crippen LogP contribution < -0.4 is 10.1 Å². The second-order valence-electron chi connectivity index (χ2n) is 3.17. The second kappa shape index (κ2) is 4.53. The largest absolute Gasteiger partial charge is 0.473 e. The molecule has 0 aliphatic carbocycles. The fourth-order valence-corrected chi connectivity index (χ4v) is 1.84. The smallest absolute Gasteiger partial charge is 0.245 e. The van der Waals surface area contributed by atoms with Crippen LogP contribution in [0.1, 0.15) is 19.3 Å². The molecule has 0 aromatic carbocycles. The van der Waals surface area contributed by atoms with E-state index in [2.05, 4.69) is 14.1 Å². The predicted octanol–water partition coefficient (Wildman–Crippen LogP) is 1.06. The molecule has 0 bridgehead atoms. The van der Waals surface area contributed by atoms with Crippen molar-refractivity contribution in [3.8, 4) is 5.88 Å². The number of nitrogens with zero attached hydrogens (tertiary/aromatic N) is 2. The first-order valence-corrected chi connectivity index (χ1v) is 5.33. The lowest BCUT2D eigenvalue weighted by atomic mass is 10.2. The third-order valence-corrected chi connectivity index (χ3v) is 2.61. The van der Waals surface area contributed by atoms with Crippen LogP contribution in [0.15, 0.2) is 6.20 Å². The molecule has 0 amide bonds. The van der Waals surface area contributed by atoms with Gasteiger partial charge in [0.1, 0.15) is 12.3 Å². The Balaban J connectivity index is 1.86. The summed E-state index contributed by atoms with van der Waals surface area (Å²) < 4.78 is 13.6. The molecule has 0 spiro atoms. The van der Waals surface area contributed by atoms with Crippen molar-refractivity contribution >= 4 is 11.7 Å². The molecule has 4 nitrogen and oxygen atoms in total. The highest BCUT2D eigenvalue weighted by Crippen LogP contribution is 2.14. The van der Waals surface area contributed by atoms with Gasteiger partial charge in [-0.15, -0.1) is 4.37 Å². The van der Waals surface area contributed by atoms with E-state index in [-0.39, 0.29) is 0 Å². The Morgan fingerprint density at radius 2 is 2.46 bits per heavy atom. The average molecular weight is 199 g/mol. The van der Waals surface area contributed by atoms with Crippen LogP contribution in [-0.2, 0) is 0 Å². The molecule has 2 rings (SSSR count). The summed E-state index contributed by atoms with van der Waals surface area (Å²) in [7, 11) is 0. The Bertz CT molecular complexity index is 232. The molecule has 1 N–H and O–H groups in total. The van der Waals surface area contributed by atoms with Gasteiger partial charge in [0.05, 0.1) is 11.7 Å². The standard InChI is InChI=1S/C8H13N3OS/c1-2-7(3-5-9-4-1)12-8-6-10-13-11-8/h6-7,9H,1-5H2. The Morgan fingerprint density at radius 1 is 1.46 bits per heavy atom. The molecule has 1 atom stereocenters. The lowest BCUT2D eigenvalue weighted by Gasteiger charge is -2.13. The van der Waals surface area contributed by atoms with E-state index in [0.29, 0.717) is 12.0 Å². The van der Waals surface area contributed by atoms with Gasteiger partial charge in [-0.25, -0.2) is 0 Å². The number of nitrogens with one attached hydrogen (secondary N) is 1. The van der Waals surface area contributed by atoms with Crippen molar-refractivity contribution in [1.29, 1.82) is 0 Å². The van der Waals surface area contributed by atoms with Crippen molar-refractivity contribution in [3.63, 3.8) is 0 Å². The maximum Gasteiger partial charge on any atom is 0.245 e. The summed E-state index contributed by atoms with van der Waals surface area (Å²) >= 11 is 1.19. The van der Waals surface area contributed by atoms with Gasteiger partial charge in [0, 0.05) is 0 Å². The first kappa shape index (κ1) is 8.90.